The third-order valence-electron chi connectivity index (χ3n) is 3.93. The van der Waals surface area contributed by atoms with Crippen molar-refractivity contribution in [3.8, 4) is 0 Å². The van der Waals surface area contributed by atoms with Gasteiger partial charge in [0.15, 0.2) is 0 Å². The number of benzene rings is 1. The number of hydrogen-bond donors (Lipinski definition) is 0. The average molecular weight is 352 g/mol. The van der Waals surface area contributed by atoms with Crippen molar-refractivity contribution in [3.05, 3.63) is 38.3 Å². The smallest absolute Gasteiger partial charge is 0.211 e. The lowest BCUT2D eigenvalue weighted by Crippen LogP contribution is -2.40. The van der Waals surface area contributed by atoms with E-state index in [2.05, 4.69) is 34.7 Å². The first-order valence-corrected chi connectivity index (χ1v) is 8.68. The Bertz CT molecular complexity index is 686. The Morgan fingerprint density at radius 1 is 1.25 bits per heavy atom. The highest BCUT2D eigenvalue weighted by molar-refractivity contribution is 9.10. The van der Waals surface area contributed by atoms with E-state index in [9.17, 15) is 4.79 Å². The molecule has 1 aromatic carbocycles. The molecule has 2 heterocycles. The van der Waals surface area contributed by atoms with Crippen LogP contribution in [0.2, 0.25) is 0 Å². The van der Waals surface area contributed by atoms with Crippen molar-refractivity contribution in [2.24, 2.45) is 11.8 Å². The van der Waals surface area contributed by atoms with E-state index < -0.39 is 0 Å². The summed E-state index contributed by atoms with van der Waals surface area (Å²) in [5.41, 5.74) is 1.04. The maximum Gasteiger partial charge on any atom is 0.211 e. The molecule has 0 saturated carbocycles. The number of nitrogens with zero attached hydrogens (tertiary/aromatic N) is 1. The van der Waals surface area contributed by atoms with E-state index in [0.29, 0.717) is 11.8 Å². The van der Waals surface area contributed by atoms with Crippen LogP contribution in [0.3, 0.4) is 0 Å². The third kappa shape index (κ3) is 2.63. The molecule has 1 saturated heterocycles. The summed E-state index contributed by atoms with van der Waals surface area (Å²) in [5, 5.41) is 2.86. The fourth-order valence-electron chi connectivity index (χ4n) is 3.17. The van der Waals surface area contributed by atoms with Crippen molar-refractivity contribution in [3.63, 3.8) is 0 Å². The molecular formula is C16H18BrNOS. The third-order valence-corrected chi connectivity index (χ3v) is 5.37. The summed E-state index contributed by atoms with van der Waals surface area (Å²) in [6.45, 7) is 6.53. The molecule has 1 aliphatic heterocycles. The maximum absolute atomic E-state index is 12.7. The van der Waals surface area contributed by atoms with Crippen LogP contribution in [0.1, 0.15) is 20.3 Å². The first-order chi connectivity index (χ1) is 9.54. The molecule has 2 nitrogen and oxygen atoms in total. The van der Waals surface area contributed by atoms with Gasteiger partial charge in [-0.1, -0.05) is 29.8 Å². The molecule has 2 aromatic rings. The summed E-state index contributed by atoms with van der Waals surface area (Å²) in [6.07, 6.45) is 1.26. The quantitative estimate of drug-likeness (QED) is 0.753. The second kappa shape index (κ2) is 5.49. The highest BCUT2D eigenvalue weighted by atomic mass is 79.9. The molecule has 3 rings (SSSR count). The van der Waals surface area contributed by atoms with E-state index in [1.807, 2.05) is 23.6 Å². The van der Waals surface area contributed by atoms with Crippen molar-refractivity contribution in [2.75, 3.05) is 18.0 Å². The fourth-order valence-corrected chi connectivity index (χ4v) is 4.45. The van der Waals surface area contributed by atoms with Crippen LogP contribution < -0.4 is 10.3 Å². The van der Waals surface area contributed by atoms with E-state index in [4.69, 9.17) is 0 Å². The van der Waals surface area contributed by atoms with Crippen LogP contribution >= 0.6 is 27.3 Å². The number of fused-ring (bicyclic) bond motifs is 1. The Labute approximate surface area is 131 Å². The van der Waals surface area contributed by atoms with Gasteiger partial charge in [0.1, 0.15) is 0 Å². The molecule has 1 fully saturated rings. The monoisotopic (exact) mass is 351 g/mol. The number of piperidine rings is 1. The van der Waals surface area contributed by atoms with Crippen molar-refractivity contribution < 1.29 is 0 Å². The van der Waals surface area contributed by atoms with Crippen molar-refractivity contribution in [2.45, 2.75) is 20.3 Å². The minimum absolute atomic E-state index is 0.168. The minimum Gasteiger partial charge on any atom is -0.367 e. The summed E-state index contributed by atoms with van der Waals surface area (Å²) < 4.78 is 2.02. The van der Waals surface area contributed by atoms with Gasteiger partial charge >= 0.3 is 0 Å². The Morgan fingerprint density at radius 3 is 2.65 bits per heavy atom. The molecule has 1 aromatic heterocycles. The Hall–Kier alpha value is -0.870. The Morgan fingerprint density at radius 2 is 1.95 bits per heavy atom. The number of rotatable bonds is 1. The second-order valence-corrected chi connectivity index (χ2v) is 7.77. The van der Waals surface area contributed by atoms with Crippen LogP contribution in [-0.2, 0) is 0 Å². The van der Waals surface area contributed by atoms with Crippen LogP contribution in [0.5, 0.6) is 0 Å². The molecule has 0 bridgehead atoms. The molecule has 20 heavy (non-hydrogen) atoms. The highest BCUT2D eigenvalue weighted by Gasteiger charge is 2.24. The topological polar surface area (TPSA) is 20.3 Å². The lowest BCUT2D eigenvalue weighted by atomic mass is 9.91. The standard InChI is InChI=1S/C16H18BrNOS/c1-10-5-11(2)8-18(7-10)14-9-20-15-4-3-12(17)6-13(15)16(14)19/h3-4,6,9-11H,5,7-8H2,1-2H3/t10-,11+. The van der Waals surface area contributed by atoms with Crippen molar-refractivity contribution in [1.82, 2.24) is 0 Å². The zero-order valence-corrected chi connectivity index (χ0v) is 14.1. The van der Waals surface area contributed by atoms with E-state index in [-0.39, 0.29) is 5.43 Å². The van der Waals surface area contributed by atoms with Gasteiger partial charge in [-0.3, -0.25) is 4.79 Å². The van der Waals surface area contributed by atoms with Gasteiger partial charge in [-0.25, -0.2) is 0 Å². The average Bonchev–Trinajstić information content (AvgIpc) is 2.38. The second-order valence-electron chi connectivity index (χ2n) is 5.94. The van der Waals surface area contributed by atoms with Gasteiger partial charge in [-0.05, 0) is 36.5 Å². The van der Waals surface area contributed by atoms with Gasteiger partial charge in [0.2, 0.25) is 5.43 Å². The molecule has 0 unspecified atom stereocenters. The largest absolute Gasteiger partial charge is 0.367 e. The van der Waals surface area contributed by atoms with Gasteiger partial charge < -0.3 is 4.90 Å². The summed E-state index contributed by atoms with van der Waals surface area (Å²) in [6, 6.07) is 5.94. The van der Waals surface area contributed by atoms with E-state index in [1.165, 1.54) is 6.42 Å². The minimum atomic E-state index is 0.168. The molecule has 0 amide bonds. The molecule has 1 aliphatic rings. The van der Waals surface area contributed by atoms with Gasteiger partial charge in [-0.2, -0.15) is 0 Å². The summed E-state index contributed by atoms with van der Waals surface area (Å²) in [4.78, 5) is 15.0. The van der Waals surface area contributed by atoms with E-state index in [0.717, 1.165) is 33.3 Å². The molecular weight excluding hydrogens is 334 g/mol. The first kappa shape index (κ1) is 14.1. The molecule has 106 valence electrons. The normalized spacial score (nSPS) is 23.2. The lowest BCUT2D eigenvalue weighted by molar-refractivity contribution is 0.356. The SMILES string of the molecule is C[C@@H]1C[C@H](C)CN(c2csc3ccc(Br)cc3c2=O)C1. The molecule has 2 atom stereocenters. The molecule has 0 spiro atoms. The highest BCUT2D eigenvalue weighted by Crippen LogP contribution is 2.28. The Kier molecular flexibility index (Phi) is 3.87. The van der Waals surface area contributed by atoms with E-state index in [1.54, 1.807) is 11.3 Å². The van der Waals surface area contributed by atoms with Crippen molar-refractivity contribution in [1.29, 1.82) is 0 Å². The maximum atomic E-state index is 12.7. The predicted octanol–water partition coefficient (Wildman–Crippen LogP) is 4.51. The number of hydrogen-bond acceptors (Lipinski definition) is 3. The summed E-state index contributed by atoms with van der Waals surface area (Å²) >= 11 is 5.12. The van der Waals surface area contributed by atoms with Gasteiger partial charge in [0.25, 0.3) is 0 Å². The van der Waals surface area contributed by atoms with Crippen molar-refractivity contribution >= 4 is 43.0 Å². The zero-order valence-electron chi connectivity index (χ0n) is 11.7. The van der Waals surface area contributed by atoms with Gasteiger partial charge in [-0.15, -0.1) is 11.3 Å². The molecule has 0 radical (unpaired) electrons. The molecule has 4 heteroatoms. The Balaban J connectivity index is 2.08. The van der Waals surface area contributed by atoms with Gasteiger partial charge in [0.05, 0.1) is 5.69 Å². The van der Waals surface area contributed by atoms with Crippen LogP contribution in [0.15, 0.2) is 32.8 Å². The van der Waals surface area contributed by atoms with E-state index >= 15 is 0 Å². The zero-order chi connectivity index (χ0) is 14.3. The first-order valence-electron chi connectivity index (χ1n) is 7.00. The number of halogens is 1. The van der Waals surface area contributed by atoms with Crippen LogP contribution in [0.25, 0.3) is 10.1 Å². The number of anilines is 1. The lowest BCUT2D eigenvalue weighted by Gasteiger charge is -2.36. The molecule has 0 aliphatic carbocycles. The van der Waals surface area contributed by atoms with Crippen LogP contribution in [0, 0.1) is 11.8 Å². The van der Waals surface area contributed by atoms with Gasteiger partial charge in [0, 0.05) is 33.0 Å². The molecule has 0 N–H and O–H groups in total. The predicted molar refractivity (Wildman–Crippen MR) is 91.0 cm³/mol. The summed E-state index contributed by atoms with van der Waals surface area (Å²) in [5.74, 6) is 1.31. The van der Waals surface area contributed by atoms with Crippen LogP contribution in [-0.4, -0.2) is 13.1 Å². The summed E-state index contributed by atoms with van der Waals surface area (Å²) in [7, 11) is 0. The fraction of sp³-hybridized carbons (Fsp3) is 0.438. The van der Waals surface area contributed by atoms with Crippen LogP contribution in [0.4, 0.5) is 5.69 Å².